The summed E-state index contributed by atoms with van der Waals surface area (Å²) in [6.07, 6.45) is 0. The number of nitrogens with two attached hydrogens (primary N) is 1. The number of hydrogen-bond donors (Lipinski definition) is 1. The zero-order valence-corrected chi connectivity index (χ0v) is 12.0. The predicted octanol–water partition coefficient (Wildman–Crippen LogP) is 1.68. The Kier molecular flexibility index (Phi) is 4.50. The summed E-state index contributed by atoms with van der Waals surface area (Å²) in [5.41, 5.74) is 7.72. The number of ether oxygens (including phenoxy) is 1. The Morgan fingerprint density at radius 3 is 2.68 bits per heavy atom. The van der Waals surface area contributed by atoms with Gasteiger partial charge in [0.1, 0.15) is 0 Å². The average Bonchev–Trinajstić information content (AvgIpc) is 2.39. The van der Waals surface area contributed by atoms with Crippen molar-refractivity contribution in [3.63, 3.8) is 0 Å². The first-order valence-electron chi connectivity index (χ1n) is 6.21. The number of morpholine rings is 1. The third-order valence-corrected chi connectivity index (χ3v) is 3.22. The molecule has 0 unspecified atom stereocenters. The molecule has 1 aromatic carbocycles. The molecule has 19 heavy (non-hydrogen) atoms. The van der Waals surface area contributed by atoms with Gasteiger partial charge in [0.2, 0.25) is 0 Å². The van der Waals surface area contributed by atoms with E-state index < -0.39 is 0 Å². The Labute approximate surface area is 118 Å². The number of nitrogens with zero attached hydrogens (tertiary/aromatic N) is 3. The van der Waals surface area contributed by atoms with E-state index in [1.54, 1.807) is 4.90 Å². The third-order valence-electron chi connectivity index (χ3n) is 2.98. The molecule has 6 heteroatoms. The zero-order chi connectivity index (χ0) is 13.8. The van der Waals surface area contributed by atoms with Crippen LogP contribution in [0, 0.1) is 0 Å². The first-order chi connectivity index (χ1) is 9.08. The molecule has 0 bridgehead atoms. The highest BCUT2D eigenvalue weighted by molar-refractivity contribution is 6.31. The number of benzene rings is 1. The minimum atomic E-state index is 0.455. The molecular formula is C13H19ClN4O. The molecule has 1 aromatic rings. The number of guanidine groups is 1. The first-order valence-corrected chi connectivity index (χ1v) is 6.59. The van der Waals surface area contributed by atoms with Crippen molar-refractivity contribution in [3.05, 3.63) is 23.2 Å². The van der Waals surface area contributed by atoms with Crippen LogP contribution in [-0.4, -0.2) is 51.3 Å². The molecule has 1 aliphatic heterocycles. The fourth-order valence-electron chi connectivity index (χ4n) is 1.88. The topological polar surface area (TPSA) is 54.1 Å². The normalized spacial score (nSPS) is 16.6. The van der Waals surface area contributed by atoms with Crippen molar-refractivity contribution in [2.75, 3.05) is 45.3 Å². The highest BCUT2D eigenvalue weighted by Crippen LogP contribution is 2.32. The maximum atomic E-state index is 6.05. The smallest absolute Gasteiger partial charge is 0.196 e. The first kappa shape index (κ1) is 14.0. The lowest BCUT2D eigenvalue weighted by molar-refractivity contribution is 0.123. The Balaban J connectivity index is 2.34. The molecule has 0 spiro atoms. The van der Waals surface area contributed by atoms with Gasteiger partial charge in [0.15, 0.2) is 5.96 Å². The third kappa shape index (κ3) is 3.52. The van der Waals surface area contributed by atoms with Crippen molar-refractivity contribution in [3.8, 4) is 0 Å². The number of halogens is 1. The van der Waals surface area contributed by atoms with Crippen LogP contribution in [0.3, 0.4) is 0 Å². The molecule has 2 N–H and O–H groups in total. The maximum absolute atomic E-state index is 6.05. The van der Waals surface area contributed by atoms with Crippen LogP contribution < -0.4 is 10.6 Å². The van der Waals surface area contributed by atoms with Crippen LogP contribution in [-0.2, 0) is 4.74 Å². The number of rotatable bonds is 2. The largest absolute Gasteiger partial charge is 0.378 e. The molecule has 0 aromatic heterocycles. The summed E-state index contributed by atoms with van der Waals surface area (Å²) in [7, 11) is 3.72. The lowest BCUT2D eigenvalue weighted by Gasteiger charge is -2.30. The summed E-state index contributed by atoms with van der Waals surface area (Å²) in [6.45, 7) is 3.17. The molecule has 2 rings (SSSR count). The Bertz CT molecular complexity index is 470. The molecular weight excluding hydrogens is 264 g/mol. The standard InChI is InChI=1S/C13H19ClN4O/c1-17(2)13(15)16-11-9-10(14)3-4-12(11)18-5-7-19-8-6-18/h3-4,9H,5-8H2,1-2H3,(H2,15,16). The minimum Gasteiger partial charge on any atom is -0.378 e. The molecule has 1 fully saturated rings. The van der Waals surface area contributed by atoms with Gasteiger partial charge in [0.05, 0.1) is 24.6 Å². The summed E-state index contributed by atoms with van der Waals surface area (Å²) in [4.78, 5) is 8.45. The van der Waals surface area contributed by atoms with E-state index in [2.05, 4.69) is 9.89 Å². The average molecular weight is 283 g/mol. The van der Waals surface area contributed by atoms with Crippen LogP contribution in [0.5, 0.6) is 0 Å². The van der Waals surface area contributed by atoms with Gasteiger partial charge in [0.25, 0.3) is 0 Å². The molecule has 0 atom stereocenters. The van der Waals surface area contributed by atoms with E-state index >= 15 is 0 Å². The van der Waals surface area contributed by atoms with E-state index in [0.29, 0.717) is 11.0 Å². The highest BCUT2D eigenvalue weighted by Gasteiger charge is 2.15. The second-order valence-corrected chi connectivity index (χ2v) is 5.03. The van der Waals surface area contributed by atoms with Gasteiger partial charge in [0, 0.05) is 32.2 Å². The summed E-state index contributed by atoms with van der Waals surface area (Å²) in [5, 5.41) is 0.655. The fourth-order valence-corrected chi connectivity index (χ4v) is 2.05. The molecule has 5 nitrogen and oxygen atoms in total. The minimum absolute atomic E-state index is 0.455. The van der Waals surface area contributed by atoms with Crippen LogP contribution in [0.15, 0.2) is 23.2 Å². The Morgan fingerprint density at radius 2 is 2.05 bits per heavy atom. The lowest BCUT2D eigenvalue weighted by atomic mass is 10.2. The summed E-state index contributed by atoms with van der Waals surface area (Å²) in [5.74, 6) is 0.455. The van der Waals surface area contributed by atoms with Crippen LogP contribution >= 0.6 is 11.6 Å². The maximum Gasteiger partial charge on any atom is 0.196 e. The van der Waals surface area contributed by atoms with E-state index in [1.165, 1.54) is 0 Å². The van der Waals surface area contributed by atoms with Gasteiger partial charge in [-0.3, -0.25) is 0 Å². The van der Waals surface area contributed by atoms with Crippen molar-refractivity contribution in [1.29, 1.82) is 0 Å². The number of hydrogen-bond acceptors (Lipinski definition) is 3. The summed E-state index contributed by atoms with van der Waals surface area (Å²) in [6, 6.07) is 5.69. The van der Waals surface area contributed by atoms with Crippen molar-refractivity contribution in [2.24, 2.45) is 10.7 Å². The van der Waals surface area contributed by atoms with E-state index in [-0.39, 0.29) is 0 Å². The van der Waals surface area contributed by atoms with Crippen molar-refractivity contribution in [2.45, 2.75) is 0 Å². The molecule has 1 saturated heterocycles. The Hall–Kier alpha value is -1.46. The van der Waals surface area contributed by atoms with E-state index in [9.17, 15) is 0 Å². The SMILES string of the molecule is CN(C)/C(N)=N/c1cc(Cl)ccc1N1CCOCC1. The van der Waals surface area contributed by atoms with E-state index in [1.807, 2.05) is 32.3 Å². The monoisotopic (exact) mass is 282 g/mol. The lowest BCUT2D eigenvalue weighted by Crippen LogP contribution is -2.36. The van der Waals surface area contributed by atoms with Gasteiger partial charge in [-0.2, -0.15) is 0 Å². The van der Waals surface area contributed by atoms with E-state index in [0.717, 1.165) is 37.7 Å². The summed E-state index contributed by atoms with van der Waals surface area (Å²) < 4.78 is 5.37. The quantitative estimate of drug-likeness (QED) is 0.662. The van der Waals surface area contributed by atoms with Crippen molar-refractivity contribution in [1.82, 2.24) is 4.90 Å². The fraction of sp³-hybridized carbons (Fsp3) is 0.462. The van der Waals surface area contributed by atoms with Gasteiger partial charge in [-0.1, -0.05) is 11.6 Å². The molecule has 0 saturated carbocycles. The molecule has 1 aliphatic rings. The van der Waals surface area contributed by atoms with Gasteiger partial charge < -0.3 is 20.3 Å². The van der Waals surface area contributed by atoms with Crippen LogP contribution in [0.2, 0.25) is 5.02 Å². The van der Waals surface area contributed by atoms with Crippen LogP contribution in [0.4, 0.5) is 11.4 Å². The molecule has 0 amide bonds. The number of aliphatic imine (C=N–C) groups is 1. The van der Waals surface area contributed by atoms with Gasteiger partial charge in [-0.05, 0) is 18.2 Å². The van der Waals surface area contributed by atoms with Crippen molar-refractivity contribution >= 4 is 28.9 Å². The highest BCUT2D eigenvalue weighted by atomic mass is 35.5. The summed E-state index contributed by atoms with van der Waals surface area (Å²) >= 11 is 6.05. The molecule has 1 heterocycles. The van der Waals surface area contributed by atoms with Crippen molar-refractivity contribution < 1.29 is 4.74 Å². The molecule has 0 aliphatic carbocycles. The predicted molar refractivity (Wildman–Crippen MR) is 79.5 cm³/mol. The van der Waals surface area contributed by atoms with Crippen LogP contribution in [0.25, 0.3) is 0 Å². The van der Waals surface area contributed by atoms with Gasteiger partial charge in [-0.25, -0.2) is 4.99 Å². The zero-order valence-electron chi connectivity index (χ0n) is 11.3. The number of anilines is 1. The second-order valence-electron chi connectivity index (χ2n) is 4.60. The van der Waals surface area contributed by atoms with Crippen LogP contribution in [0.1, 0.15) is 0 Å². The molecule has 0 radical (unpaired) electrons. The van der Waals surface area contributed by atoms with Gasteiger partial charge in [-0.15, -0.1) is 0 Å². The second kappa shape index (κ2) is 6.12. The molecule has 104 valence electrons. The van der Waals surface area contributed by atoms with Gasteiger partial charge >= 0.3 is 0 Å². The van der Waals surface area contributed by atoms with E-state index in [4.69, 9.17) is 22.1 Å². The Morgan fingerprint density at radius 1 is 1.37 bits per heavy atom.